The first-order valence-corrected chi connectivity index (χ1v) is 8.98. The Balaban J connectivity index is 1.45. The van der Waals surface area contributed by atoms with E-state index in [1.807, 2.05) is 55.1 Å². The summed E-state index contributed by atoms with van der Waals surface area (Å²) in [5.41, 5.74) is 3.24. The zero-order chi connectivity index (χ0) is 18.8. The van der Waals surface area contributed by atoms with Crippen LogP contribution >= 0.6 is 0 Å². The van der Waals surface area contributed by atoms with Crippen molar-refractivity contribution in [2.24, 2.45) is 0 Å². The van der Waals surface area contributed by atoms with Gasteiger partial charge in [-0.2, -0.15) is 10.2 Å². The number of hydrogen-bond acceptors (Lipinski definition) is 5. The van der Waals surface area contributed by atoms with E-state index in [2.05, 4.69) is 15.3 Å². The smallest absolute Gasteiger partial charge is 0.257 e. The molecular formula is C20H21N5O2. The number of amides is 1. The summed E-state index contributed by atoms with van der Waals surface area (Å²) < 4.78 is 7.65. The highest BCUT2D eigenvalue weighted by Crippen LogP contribution is 2.21. The van der Waals surface area contributed by atoms with Gasteiger partial charge in [0.2, 0.25) is 5.88 Å². The maximum absolute atomic E-state index is 12.9. The Kier molecular flexibility index (Phi) is 4.58. The summed E-state index contributed by atoms with van der Waals surface area (Å²) in [5, 5.41) is 12.4. The third-order valence-corrected chi connectivity index (χ3v) is 4.73. The number of aromatic nitrogens is 4. The maximum Gasteiger partial charge on any atom is 0.257 e. The van der Waals surface area contributed by atoms with Gasteiger partial charge in [0.25, 0.3) is 5.91 Å². The van der Waals surface area contributed by atoms with Crippen molar-refractivity contribution in [2.45, 2.75) is 26.4 Å². The van der Waals surface area contributed by atoms with Gasteiger partial charge in [-0.1, -0.05) is 18.2 Å². The molecule has 138 valence electrons. The van der Waals surface area contributed by atoms with Gasteiger partial charge < -0.3 is 9.64 Å². The monoisotopic (exact) mass is 363 g/mol. The molecule has 27 heavy (non-hydrogen) atoms. The molecule has 1 aromatic carbocycles. The minimum atomic E-state index is -0.0737. The Hall–Kier alpha value is -3.22. The quantitative estimate of drug-likeness (QED) is 0.712. The highest BCUT2D eigenvalue weighted by Gasteiger charge is 2.30. The predicted octanol–water partition coefficient (Wildman–Crippen LogP) is 2.57. The van der Waals surface area contributed by atoms with Crippen LogP contribution < -0.4 is 4.74 Å². The van der Waals surface area contributed by atoms with Crippen LogP contribution in [0.5, 0.6) is 5.88 Å². The molecule has 1 aliphatic rings. The van der Waals surface area contributed by atoms with E-state index in [1.54, 1.807) is 16.9 Å². The molecular weight excluding hydrogens is 342 g/mol. The number of hydrogen-bond donors (Lipinski definition) is 0. The maximum atomic E-state index is 12.9. The van der Waals surface area contributed by atoms with E-state index in [1.165, 1.54) is 0 Å². The number of nitrogens with zero attached hydrogens (tertiary/aromatic N) is 5. The highest BCUT2D eigenvalue weighted by atomic mass is 16.5. The van der Waals surface area contributed by atoms with Gasteiger partial charge in [-0.25, -0.2) is 4.68 Å². The number of rotatable bonds is 4. The Morgan fingerprint density at radius 3 is 2.67 bits per heavy atom. The molecule has 0 spiro atoms. The number of para-hydroxylation sites is 1. The minimum absolute atomic E-state index is 0.0178. The Morgan fingerprint density at radius 2 is 1.93 bits per heavy atom. The van der Waals surface area contributed by atoms with Crippen molar-refractivity contribution in [3.63, 3.8) is 0 Å². The van der Waals surface area contributed by atoms with Crippen LogP contribution in [0.3, 0.4) is 0 Å². The molecule has 1 fully saturated rings. The molecule has 1 amide bonds. The van der Waals surface area contributed by atoms with Gasteiger partial charge in [-0.3, -0.25) is 4.79 Å². The van der Waals surface area contributed by atoms with Crippen LogP contribution in [0.4, 0.5) is 0 Å². The lowest BCUT2D eigenvalue weighted by Crippen LogP contribution is -2.31. The third-order valence-electron chi connectivity index (χ3n) is 4.73. The average molecular weight is 363 g/mol. The second-order valence-corrected chi connectivity index (χ2v) is 6.68. The third kappa shape index (κ3) is 3.53. The lowest BCUT2D eigenvalue weighted by molar-refractivity contribution is 0.0770. The molecule has 1 saturated heterocycles. The first-order chi connectivity index (χ1) is 13.1. The molecule has 1 aliphatic heterocycles. The molecule has 7 nitrogen and oxygen atoms in total. The van der Waals surface area contributed by atoms with Gasteiger partial charge in [0.15, 0.2) is 0 Å². The molecule has 0 saturated carbocycles. The summed E-state index contributed by atoms with van der Waals surface area (Å²) in [5.74, 6) is 0.476. The Morgan fingerprint density at radius 1 is 1.11 bits per heavy atom. The largest absolute Gasteiger partial charge is 0.471 e. The Labute approximate surface area is 157 Å². The van der Waals surface area contributed by atoms with E-state index >= 15 is 0 Å². The molecule has 0 bridgehead atoms. The summed E-state index contributed by atoms with van der Waals surface area (Å²) >= 11 is 0. The fraction of sp³-hybridized carbons (Fsp3) is 0.300. The normalized spacial score (nSPS) is 16.5. The molecule has 0 N–H and O–H groups in total. The molecule has 1 unspecified atom stereocenters. The second-order valence-electron chi connectivity index (χ2n) is 6.68. The van der Waals surface area contributed by atoms with Crippen molar-refractivity contribution in [3.8, 4) is 11.6 Å². The molecule has 3 heterocycles. The average Bonchev–Trinajstić information content (AvgIpc) is 3.31. The van der Waals surface area contributed by atoms with Gasteiger partial charge in [-0.05, 0) is 32.0 Å². The predicted molar refractivity (Wildman–Crippen MR) is 100 cm³/mol. The molecule has 3 aromatic rings. The fourth-order valence-electron chi connectivity index (χ4n) is 3.25. The van der Waals surface area contributed by atoms with Crippen molar-refractivity contribution in [1.82, 2.24) is 24.9 Å². The van der Waals surface area contributed by atoms with Gasteiger partial charge in [0, 0.05) is 19.0 Å². The van der Waals surface area contributed by atoms with Crippen LogP contribution in [0.25, 0.3) is 5.69 Å². The van der Waals surface area contributed by atoms with Crippen LogP contribution in [0.15, 0.2) is 48.7 Å². The summed E-state index contributed by atoms with van der Waals surface area (Å²) in [6.07, 6.45) is 2.34. The zero-order valence-electron chi connectivity index (χ0n) is 15.4. The van der Waals surface area contributed by atoms with Crippen LogP contribution in [0, 0.1) is 13.8 Å². The second kappa shape index (κ2) is 7.19. The van der Waals surface area contributed by atoms with E-state index in [0.717, 1.165) is 23.5 Å². The Bertz CT molecular complexity index is 937. The number of carbonyl (C=O) groups excluding carboxylic acids is 1. The van der Waals surface area contributed by atoms with Crippen LogP contribution in [0.2, 0.25) is 0 Å². The van der Waals surface area contributed by atoms with Crippen molar-refractivity contribution in [1.29, 1.82) is 0 Å². The van der Waals surface area contributed by atoms with E-state index in [4.69, 9.17) is 4.74 Å². The minimum Gasteiger partial charge on any atom is -0.471 e. The number of aryl methyl sites for hydroxylation is 1. The van der Waals surface area contributed by atoms with Crippen LogP contribution in [-0.4, -0.2) is 50.0 Å². The standard InChI is InChI=1S/C20H21N5O2/c1-14-8-9-19(23-22-14)27-17-10-11-24(13-17)20(26)18-12-21-25(15(18)2)16-6-4-3-5-7-16/h3-9,12,17H,10-11,13H2,1-2H3. The first kappa shape index (κ1) is 17.2. The summed E-state index contributed by atoms with van der Waals surface area (Å²) in [6.45, 7) is 4.98. The van der Waals surface area contributed by atoms with E-state index in [-0.39, 0.29) is 12.0 Å². The number of benzene rings is 1. The van der Waals surface area contributed by atoms with Crippen molar-refractivity contribution in [3.05, 3.63) is 65.6 Å². The summed E-state index contributed by atoms with van der Waals surface area (Å²) in [7, 11) is 0. The van der Waals surface area contributed by atoms with Crippen LogP contribution in [-0.2, 0) is 0 Å². The number of carbonyl (C=O) groups is 1. The molecule has 0 radical (unpaired) electrons. The van der Waals surface area contributed by atoms with E-state index < -0.39 is 0 Å². The molecule has 7 heteroatoms. The van der Waals surface area contributed by atoms with Crippen molar-refractivity contribution >= 4 is 5.91 Å². The van der Waals surface area contributed by atoms with E-state index in [9.17, 15) is 4.79 Å². The van der Waals surface area contributed by atoms with Gasteiger partial charge >= 0.3 is 0 Å². The van der Waals surface area contributed by atoms with Gasteiger partial charge in [0.05, 0.1) is 35.4 Å². The number of ether oxygens (including phenoxy) is 1. The fourth-order valence-corrected chi connectivity index (χ4v) is 3.25. The molecule has 2 aromatic heterocycles. The highest BCUT2D eigenvalue weighted by molar-refractivity contribution is 5.95. The molecule has 4 rings (SSSR count). The summed E-state index contributed by atoms with van der Waals surface area (Å²) in [6, 6.07) is 13.5. The van der Waals surface area contributed by atoms with Gasteiger partial charge in [-0.15, -0.1) is 5.10 Å². The topological polar surface area (TPSA) is 73.1 Å². The lowest BCUT2D eigenvalue weighted by Gasteiger charge is -2.16. The van der Waals surface area contributed by atoms with Gasteiger partial charge in [0.1, 0.15) is 6.10 Å². The lowest BCUT2D eigenvalue weighted by atomic mass is 10.2. The molecule has 0 aliphatic carbocycles. The number of likely N-dealkylation sites (tertiary alicyclic amines) is 1. The zero-order valence-corrected chi connectivity index (χ0v) is 15.4. The van der Waals surface area contributed by atoms with E-state index in [0.29, 0.717) is 24.5 Å². The first-order valence-electron chi connectivity index (χ1n) is 8.98. The molecule has 1 atom stereocenters. The van der Waals surface area contributed by atoms with Crippen molar-refractivity contribution < 1.29 is 9.53 Å². The van der Waals surface area contributed by atoms with Crippen LogP contribution in [0.1, 0.15) is 28.2 Å². The van der Waals surface area contributed by atoms with Crippen molar-refractivity contribution in [2.75, 3.05) is 13.1 Å². The SMILES string of the molecule is Cc1ccc(OC2CCN(C(=O)c3cnn(-c4ccccc4)c3C)C2)nn1. The summed E-state index contributed by atoms with van der Waals surface area (Å²) in [4.78, 5) is 14.8.